The molecule has 2 aromatic rings. The van der Waals surface area contributed by atoms with Gasteiger partial charge in [0.15, 0.2) is 5.84 Å². The van der Waals surface area contributed by atoms with E-state index in [-0.39, 0.29) is 11.7 Å². The van der Waals surface area contributed by atoms with Gasteiger partial charge in [0.2, 0.25) is 0 Å². The van der Waals surface area contributed by atoms with Crippen LogP contribution in [0.25, 0.3) is 0 Å². The Kier molecular flexibility index (Phi) is 4.61. The molecule has 7 heteroatoms. The molecule has 0 heterocycles. The first-order valence-electron chi connectivity index (χ1n) is 5.41. The van der Waals surface area contributed by atoms with Crippen LogP contribution in [0.2, 0.25) is 0 Å². The lowest BCUT2D eigenvalue weighted by atomic mass is 10.2. The number of ether oxygens (including phenoxy) is 1. The number of halogens is 3. The number of hydrogen-bond acceptors (Lipinski definition) is 3. The quantitative estimate of drug-likeness (QED) is 0.348. The maximum absolute atomic E-state index is 13.0. The summed E-state index contributed by atoms with van der Waals surface area (Å²) in [6.07, 6.45) is 0. The number of hydrogen-bond donors (Lipinski definition) is 2. The van der Waals surface area contributed by atoms with E-state index in [0.29, 0.717) is 21.5 Å². The zero-order valence-corrected chi connectivity index (χ0v) is 13.2. The van der Waals surface area contributed by atoms with Gasteiger partial charge in [-0.1, -0.05) is 21.1 Å². The highest BCUT2D eigenvalue weighted by Gasteiger charge is 2.12. The third kappa shape index (κ3) is 3.29. The molecule has 0 spiro atoms. The van der Waals surface area contributed by atoms with E-state index in [4.69, 9.17) is 15.7 Å². The summed E-state index contributed by atoms with van der Waals surface area (Å²) in [7, 11) is 0. The summed E-state index contributed by atoms with van der Waals surface area (Å²) in [4.78, 5) is 0. The molecule has 0 atom stereocenters. The van der Waals surface area contributed by atoms with Gasteiger partial charge in [-0.25, -0.2) is 4.39 Å². The van der Waals surface area contributed by atoms with Crippen LogP contribution in [0.3, 0.4) is 0 Å². The van der Waals surface area contributed by atoms with E-state index in [1.165, 1.54) is 18.2 Å². The van der Waals surface area contributed by atoms with Gasteiger partial charge in [-0.05, 0) is 52.3 Å². The molecule has 0 bridgehead atoms. The lowest BCUT2D eigenvalue weighted by molar-refractivity contribution is 0.318. The lowest BCUT2D eigenvalue weighted by Crippen LogP contribution is -2.14. The molecule has 3 N–H and O–H groups in total. The standard InChI is InChI=1S/C13H9Br2FN2O2/c14-7-1-3-11(9(5-7)13(17)18-19)20-12-4-2-8(16)6-10(12)15/h1-6,19H,(H2,17,18). The molecular weight excluding hydrogens is 395 g/mol. The Morgan fingerprint density at radius 2 is 1.85 bits per heavy atom. The van der Waals surface area contributed by atoms with Crippen molar-refractivity contribution in [1.82, 2.24) is 0 Å². The smallest absolute Gasteiger partial charge is 0.173 e. The van der Waals surface area contributed by atoms with Crippen LogP contribution in [0, 0.1) is 5.82 Å². The summed E-state index contributed by atoms with van der Waals surface area (Å²) in [5.41, 5.74) is 6.02. The van der Waals surface area contributed by atoms with Gasteiger partial charge in [0, 0.05) is 4.47 Å². The van der Waals surface area contributed by atoms with E-state index in [2.05, 4.69) is 37.0 Å². The molecule has 0 aliphatic heterocycles. The third-order valence-corrected chi connectivity index (χ3v) is 3.55. The predicted molar refractivity (Wildman–Crippen MR) is 80.8 cm³/mol. The fourth-order valence-electron chi connectivity index (χ4n) is 1.52. The molecule has 0 aliphatic carbocycles. The first-order valence-corrected chi connectivity index (χ1v) is 7.00. The number of benzene rings is 2. The summed E-state index contributed by atoms with van der Waals surface area (Å²) in [5, 5.41) is 11.8. The second kappa shape index (κ2) is 6.23. The SMILES string of the molecule is N/C(=N/O)c1cc(Br)ccc1Oc1ccc(F)cc1Br. The van der Waals surface area contributed by atoms with Crippen molar-refractivity contribution in [2.24, 2.45) is 10.9 Å². The molecule has 2 rings (SSSR count). The third-order valence-electron chi connectivity index (χ3n) is 2.44. The molecule has 0 saturated heterocycles. The molecule has 0 amide bonds. The lowest BCUT2D eigenvalue weighted by Gasteiger charge is -2.12. The largest absolute Gasteiger partial charge is 0.455 e. The first kappa shape index (κ1) is 14.8. The summed E-state index contributed by atoms with van der Waals surface area (Å²) in [5.74, 6) is 0.341. The summed E-state index contributed by atoms with van der Waals surface area (Å²) in [6, 6.07) is 9.12. The fraction of sp³-hybridized carbons (Fsp3) is 0. The predicted octanol–water partition coefficient (Wildman–Crippen LogP) is 4.24. The molecule has 0 unspecified atom stereocenters. The molecule has 0 radical (unpaired) electrons. The summed E-state index contributed by atoms with van der Waals surface area (Å²) < 4.78 is 19.9. The van der Waals surface area contributed by atoms with E-state index in [9.17, 15) is 4.39 Å². The molecule has 0 aliphatic rings. The Morgan fingerprint density at radius 3 is 2.50 bits per heavy atom. The van der Waals surface area contributed by atoms with Crippen LogP contribution in [-0.2, 0) is 0 Å². The number of rotatable bonds is 3. The van der Waals surface area contributed by atoms with Gasteiger partial charge in [-0.3, -0.25) is 0 Å². The van der Waals surface area contributed by atoms with E-state index in [0.717, 1.165) is 4.47 Å². The van der Waals surface area contributed by atoms with E-state index in [1.54, 1.807) is 18.2 Å². The van der Waals surface area contributed by atoms with E-state index >= 15 is 0 Å². The van der Waals surface area contributed by atoms with E-state index < -0.39 is 0 Å². The van der Waals surface area contributed by atoms with Gasteiger partial charge in [-0.2, -0.15) is 0 Å². The van der Waals surface area contributed by atoms with Gasteiger partial charge in [0.25, 0.3) is 0 Å². The average molecular weight is 404 g/mol. The Hall–Kier alpha value is -1.60. The number of nitrogens with zero attached hydrogens (tertiary/aromatic N) is 1. The molecule has 0 saturated carbocycles. The Morgan fingerprint density at radius 1 is 1.15 bits per heavy atom. The van der Waals surface area contributed by atoms with Crippen LogP contribution in [0.1, 0.15) is 5.56 Å². The maximum atomic E-state index is 13.0. The van der Waals surface area contributed by atoms with Crippen LogP contribution in [0.5, 0.6) is 11.5 Å². The molecule has 0 aromatic heterocycles. The molecule has 4 nitrogen and oxygen atoms in total. The minimum Gasteiger partial charge on any atom is -0.455 e. The molecule has 20 heavy (non-hydrogen) atoms. The number of nitrogens with two attached hydrogens (primary N) is 1. The van der Waals surface area contributed by atoms with Crippen LogP contribution in [0.4, 0.5) is 4.39 Å². The van der Waals surface area contributed by atoms with Crippen molar-refractivity contribution in [2.75, 3.05) is 0 Å². The van der Waals surface area contributed by atoms with Gasteiger partial charge < -0.3 is 15.7 Å². The summed E-state index contributed by atoms with van der Waals surface area (Å²) in [6.45, 7) is 0. The second-order valence-corrected chi connectivity index (χ2v) is 5.57. The van der Waals surface area contributed by atoms with Crippen molar-refractivity contribution in [3.05, 3.63) is 56.7 Å². The van der Waals surface area contributed by atoms with Crippen molar-refractivity contribution in [2.45, 2.75) is 0 Å². The monoisotopic (exact) mass is 402 g/mol. The maximum Gasteiger partial charge on any atom is 0.173 e. The number of amidine groups is 1. The van der Waals surface area contributed by atoms with Crippen molar-refractivity contribution in [1.29, 1.82) is 0 Å². The molecular formula is C13H9Br2FN2O2. The summed E-state index contributed by atoms with van der Waals surface area (Å²) >= 11 is 6.51. The van der Waals surface area contributed by atoms with Crippen LogP contribution < -0.4 is 10.5 Å². The van der Waals surface area contributed by atoms with Gasteiger partial charge in [-0.15, -0.1) is 0 Å². The molecule has 0 fully saturated rings. The normalized spacial score (nSPS) is 11.4. The van der Waals surface area contributed by atoms with Crippen molar-refractivity contribution >= 4 is 37.7 Å². The van der Waals surface area contributed by atoms with Gasteiger partial charge >= 0.3 is 0 Å². The second-order valence-electron chi connectivity index (χ2n) is 3.80. The van der Waals surface area contributed by atoms with Crippen molar-refractivity contribution < 1.29 is 14.3 Å². The number of oxime groups is 1. The minimum absolute atomic E-state index is 0.0838. The first-order chi connectivity index (χ1) is 9.51. The van der Waals surface area contributed by atoms with Gasteiger partial charge in [0.1, 0.15) is 17.3 Å². The zero-order chi connectivity index (χ0) is 14.7. The zero-order valence-electron chi connectivity index (χ0n) is 9.98. The Balaban J connectivity index is 2.43. The Labute approximate surface area is 131 Å². The van der Waals surface area contributed by atoms with Gasteiger partial charge in [0.05, 0.1) is 10.0 Å². The minimum atomic E-state index is -0.378. The fourth-order valence-corrected chi connectivity index (χ4v) is 2.31. The van der Waals surface area contributed by atoms with Crippen molar-refractivity contribution in [3.8, 4) is 11.5 Å². The van der Waals surface area contributed by atoms with Crippen molar-refractivity contribution in [3.63, 3.8) is 0 Å². The highest BCUT2D eigenvalue weighted by atomic mass is 79.9. The average Bonchev–Trinajstić information content (AvgIpc) is 2.42. The molecule has 104 valence electrons. The van der Waals surface area contributed by atoms with Crippen LogP contribution >= 0.6 is 31.9 Å². The topological polar surface area (TPSA) is 67.8 Å². The van der Waals surface area contributed by atoms with Crippen LogP contribution in [-0.4, -0.2) is 11.0 Å². The molecule has 2 aromatic carbocycles. The Bertz CT molecular complexity index is 677. The highest BCUT2D eigenvalue weighted by molar-refractivity contribution is 9.10. The van der Waals surface area contributed by atoms with Crippen LogP contribution in [0.15, 0.2) is 50.5 Å². The van der Waals surface area contributed by atoms with E-state index in [1.807, 2.05) is 0 Å². The highest BCUT2D eigenvalue weighted by Crippen LogP contribution is 2.33.